The molecule has 1 aliphatic heterocycles. The van der Waals surface area contributed by atoms with E-state index in [2.05, 4.69) is 51.7 Å². The second-order valence-electron chi connectivity index (χ2n) is 7.77. The van der Waals surface area contributed by atoms with Crippen molar-refractivity contribution in [2.75, 3.05) is 26.2 Å². The van der Waals surface area contributed by atoms with Crippen molar-refractivity contribution >= 4 is 22.3 Å². The van der Waals surface area contributed by atoms with Gasteiger partial charge in [0.1, 0.15) is 0 Å². The smallest absolute Gasteiger partial charge is 0.317 e. The zero-order chi connectivity index (χ0) is 20.3. The summed E-state index contributed by atoms with van der Waals surface area (Å²) in [4.78, 5) is 16.9. The Kier molecular flexibility index (Phi) is 5.07. The molecule has 152 valence electrons. The van der Waals surface area contributed by atoms with Gasteiger partial charge in [-0.15, -0.1) is 0 Å². The first kappa shape index (κ1) is 18.6. The maximum Gasteiger partial charge on any atom is 0.317 e. The number of aromatic nitrogens is 2. The second kappa shape index (κ2) is 8.16. The van der Waals surface area contributed by atoms with Gasteiger partial charge in [-0.2, -0.15) is 5.10 Å². The number of hydrogen-bond donors (Lipinski definition) is 1. The molecular formula is C24H25N5O. The fourth-order valence-corrected chi connectivity index (χ4v) is 4.14. The molecule has 6 nitrogen and oxygen atoms in total. The first-order valence-electron chi connectivity index (χ1n) is 10.4. The van der Waals surface area contributed by atoms with Crippen LogP contribution < -0.4 is 5.32 Å². The minimum atomic E-state index is 0.00955. The minimum absolute atomic E-state index is 0.00955. The van der Waals surface area contributed by atoms with Gasteiger partial charge >= 0.3 is 6.03 Å². The summed E-state index contributed by atoms with van der Waals surface area (Å²) in [6, 6.07) is 22.7. The Balaban J connectivity index is 1.15. The molecule has 1 saturated heterocycles. The Morgan fingerprint density at radius 3 is 2.60 bits per heavy atom. The lowest BCUT2D eigenvalue weighted by atomic mass is 10.0. The molecule has 0 bridgehead atoms. The van der Waals surface area contributed by atoms with Gasteiger partial charge in [-0.05, 0) is 34.5 Å². The molecule has 5 rings (SSSR count). The number of urea groups is 1. The molecule has 4 aromatic rings. The summed E-state index contributed by atoms with van der Waals surface area (Å²) in [5.41, 5.74) is 3.32. The fraction of sp³-hybridized carbons (Fsp3) is 0.250. The Morgan fingerprint density at radius 1 is 0.933 bits per heavy atom. The summed E-state index contributed by atoms with van der Waals surface area (Å²) < 4.78 is 1.91. The van der Waals surface area contributed by atoms with Crippen LogP contribution in [-0.4, -0.2) is 51.6 Å². The third kappa shape index (κ3) is 3.86. The average molecular weight is 399 g/mol. The van der Waals surface area contributed by atoms with Crippen LogP contribution in [0.1, 0.15) is 11.3 Å². The topological polar surface area (TPSA) is 52.9 Å². The van der Waals surface area contributed by atoms with Crippen molar-refractivity contribution in [3.05, 3.63) is 84.2 Å². The van der Waals surface area contributed by atoms with Crippen molar-refractivity contribution in [2.45, 2.75) is 13.1 Å². The van der Waals surface area contributed by atoms with E-state index >= 15 is 0 Å². The normalized spacial score (nSPS) is 15.0. The molecule has 1 aliphatic rings. The molecule has 0 saturated carbocycles. The number of amides is 2. The van der Waals surface area contributed by atoms with Gasteiger partial charge in [-0.25, -0.2) is 9.31 Å². The van der Waals surface area contributed by atoms with Gasteiger partial charge in [0.05, 0.1) is 11.2 Å². The summed E-state index contributed by atoms with van der Waals surface area (Å²) in [7, 11) is 0. The number of rotatable bonds is 4. The lowest BCUT2D eigenvalue weighted by Crippen LogP contribution is -2.51. The number of benzene rings is 2. The highest BCUT2D eigenvalue weighted by atomic mass is 16.2. The van der Waals surface area contributed by atoms with Crippen LogP contribution >= 0.6 is 0 Å². The molecule has 0 spiro atoms. The van der Waals surface area contributed by atoms with Gasteiger partial charge in [0.2, 0.25) is 0 Å². The molecule has 6 heteroatoms. The Labute approximate surface area is 175 Å². The summed E-state index contributed by atoms with van der Waals surface area (Å²) in [6.45, 7) is 4.53. The quantitative estimate of drug-likeness (QED) is 0.571. The van der Waals surface area contributed by atoms with Crippen LogP contribution in [0.3, 0.4) is 0 Å². The van der Waals surface area contributed by atoms with E-state index in [4.69, 9.17) is 0 Å². The number of carbonyl (C=O) groups excluding carboxylic acids is 1. The van der Waals surface area contributed by atoms with Gasteiger partial charge in [0.15, 0.2) is 0 Å². The number of pyridine rings is 1. The molecule has 0 atom stereocenters. The second-order valence-corrected chi connectivity index (χ2v) is 7.77. The molecule has 1 N–H and O–H groups in total. The highest BCUT2D eigenvalue weighted by Crippen LogP contribution is 2.18. The summed E-state index contributed by atoms with van der Waals surface area (Å²) >= 11 is 0. The molecule has 2 aromatic heterocycles. The molecule has 0 aliphatic carbocycles. The van der Waals surface area contributed by atoms with E-state index < -0.39 is 0 Å². The SMILES string of the molecule is O=C(NCc1cccc2ccccc12)N1CCN(Cc2cc3ccccn3n2)CC1. The van der Waals surface area contributed by atoms with E-state index in [1.54, 1.807) is 0 Å². The summed E-state index contributed by atoms with van der Waals surface area (Å²) in [6.07, 6.45) is 1.97. The zero-order valence-electron chi connectivity index (χ0n) is 16.9. The molecule has 30 heavy (non-hydrogen) atoms. The first-order chi connectivity index (χ1) is 14.8. The van der Waals surface area contributed by atoms with E-state index in [1.807, 2.05) is 45.9 Å². The van der Waals surface area contributed by atoms with Gasteiger partial charge in [0, 0.05) is 45.5 Å². The highest BCUT2D eigenvalue weighted by Gasteiger charge is 2.21. The van der Waals surface area contributed by atoms with Crippen LogP contribution in [0.4, 0.5) is 4.79 Å². The highest BCUT2D eigenvalue weighted by molar-refractivity contribution is 5.86. The molecular weight excluding hydrogens is 374 g/mol. The van der Waals surface area contributed by atoms with Crippen LogP contribution in [0.15, 0.2) is 72.9 Å². The monoisotopic (exact) mass is 399 g/mol. The van der Waals surface area contributed by atoms with E-state index in [-0.39, 0.29) is 6.03 Å². The maximum absolute atomic E-state index is 12.7. The van der Waals surface area contributed by atoms with Crippen molar-refractivity contribution in [3.8, 4) is 0 Å². The molecule has 1 fully saturated rings. The van der Waals surface area contributed by atoms with E-state index in [0.717, 1.165) is 49.5 Å². The van der Waals surface area contributed by atoms with Gasteiger partial charge < -0.3 is 10.2 Å². The van der Waals surface area contributed by atoms with Crippen molar-refractivity contribution in [2.24, 2.45) is 0 Å². The van der Waals surface area contributed by atoms with Crippen molar-refractivity contribution in [1.29, 1.82) is 0 Å². The standard InChI is InChI=1S/C24H25N5O/c30-24(25-17-20-8-5-7-19-6-1-2-10-23(19)20)28-14-12-27(13-15-28)18-21-16-22-9-3-4-11-29(22)26-21/h1-11,16H,12-15,17-18H2,(H,25,30). The van der Waals surface area contributed by atoms with Crippen LogP contribution in [0.2, 0.25) is 0 Å². The number of carbonyl (C=O) groups is 1. The van der Waals surface area contributed by atoms with E-state index in [9.17, 15) is 4.79 Å². The van der Waals surface area contributed by atoms with Gasteiger partial charge in [-0.3, -0.25) is 4.90 Å². The predicted molar refractivity (Wildman–Crippen MR) is 118 cm³/mol. The first-order valence-corrected chi connectivity index (χ1v) is 10.4. The van der Waals surface area contributed by atoms with Crippen molar-refractivity contribution in [1.82, 2.24) is 24.7 Å². The van der Waals surface area contributed by atoms with Gasteiger partial charge in [0.25, 0.3) is 0 Å². The lowest BCUT2D eigenvalue weighted by Gasteiger charge is -2.34. The third-order valence-electron chi connectivity index (χ3n) is 5.78. The Morgan fingerprint density at radius 2 is 1.73 bits per heavy atom. The van der Waals surface area contributed by atoms with Crippen LogP contribution in [-0.2, 0) is 13.1 Å². The number of fused-ring (bicyclic) bond motifs is 2. The summed E-state index contributed by atoms with van der Waals surface area (Å²) in [5, 5.41) is 10.1. The third-order valence-corrected chi connectivity index (χ3v) is 5.78. The van der Waals surface area contributed by atoms with Crippen LogP contribution in [0, 0.1) is 0 Å². The number of piperazine rings is 1. The minimum Gasteiger partial charge on any atom is -0.334 e. The maximum atomic E-state index is 12.7. The Bertz CT molecular complexity index is 1140. The fourth-order valence-electron chi connectivity index (χ4n) is 4.14. The number of nitrogens with one attached hydrogen (secondary N) is 1. The largest absolute Gasteiger partial charge is 0.334 e. The molecule has 0 unspecified atom stereocenters. The van der Waals surface area contributed by atoms with Crippen LogP contribution in [0.25, 0.3) is 16.3 Å². The molecule has 3 heterocycles. The summed E-state index contributed by atoms with van der Waals surface area (Å²) in [5.74, 6) is 0. The molecule has 0 radical (unpaired) electrons. The number of hydrogen-bond acceptors (Lipinski definition) is 3. The van der Waals surface area contributed by atoms with E-state index in [1.165, 1.54) is 10.8 Å². The molecule has 2 amide bonds. The Hall–Kier alpha value is -3.38. The van der Waals surface area contributed by atoms with Crippen molar-refractivity contribution in [3.63, 3.8) is 0 Å². The zero-order valence-corrected chi connectivity index (χ0v) is 16.9. The molecule has 2 aromatic carbocycles. The van der Waals surface area contributed by atoms with Crippen molar-refractivity contribution < 1.29 is 4.79 Å². The number of nitrogens with zero attached hydrogens (tertiary/aromatic N) is 4. The van der Waals surface area contributed by atoms with Crippen LogP contribution in [0.5, 0.6) is 0 Å². The van der Waals surface area contributed by atoms with Gasteiger partial charge in [-0.1, -0.05) is 48.5 Å². The average Bonchev–Trinajstić information content (AvgIpc) is 3.20. The predicted octanol–water partition coefficient (Wildman–Crippen LogP) is 3.51. The lowest BCUT2D eigenvalue weighted by molar-refractivity contribution is 0.134. The van der Waals surface area contributed by atoms with E-state index in [0.29, 0.717) is 6.54 Å².